The number of hydrogen-bond acceptors (Lipinski definition) is 2. The van der Waals surface area contributed by atoms with Gasteiger partial charge in [0.05, 0.1) is 12.2 Å². The molecule has 0 aromatic heterocycles. The first-order valence-electron chi connectivity index (χ1n) is 13.4. The second-order valence-electron chi connectivity index (χ2n) is 12.5. The highest BCUT2D eigenvalue weighted by Gasteiger charge is 2.60. The largest absolute Gasteiger partial charge is 0.389 e. The van der Waals surface area contributed by atoms with E-state index in [4.69, 9.17) is 0 Å². The molecule has 4 aliphatic rings. The molecule has 0 saturated heterocycles. The number of allylic oxidation sites excluding steroid dienone is 1. The van der Waals surface area contributed by atoms with Crippen LogP contribution in [0.25, 0.3) is 0 Å². The molecule has 2 N–H and O–H groups in total. The molecule has 2 heteroatoms. The van der Waals surface area contributed by atoms with Crippen molar-refractivity contribution in [3.05, 3.63) is 23.8 Å². The Morgan fingerprint density at radius 3 is 2.52 bits per heavy atom. The molecule has 0 bridgehead atoms. The minimum absolute atomic E-state index is 0.0996. The molecular weight excluding hydrogens is 380 g/mol. The molecule has 10 atom stereocenters. The van der Waals surface area contributed by atoms with Crippen LogP contribution in [0.15, 0.2) is 23.8 Å². The van der Waals surface area contributed by atoms with E-state index in [1.807, 2.05) is 6.08 Å². The molecule has 2 nitrogen and oxygen atoms in total. The van der Waals surface area contributed by atoms with E-state index in [1.165, 1.54) is 56.1 Å². The third-order valence-electron chi connectivity index (χ3n) is 11.0. The van der Waals surface area contributed by atoms with Gasteiger partial charge in [-0.3, -0.25) is 0 Å². The first-order chi connectivity index (χ1) is 14.6. The average Bonchev–Trinajstić information content (AvgIpc) is 3.07. The molecule has 3 fully saturated rings. The number of fused-ring (bicyclic) bond motifs is 5. The van der Waals surface area contributed by atoms with Crippen LogP contribution in [0.5, 0.6) is 0 Å². The van der Waals surface area contributed by atoms with Gasteiger partial charge in [-0.15, -0.1) is 0 Å². The lowest BCUT2D eigenvalue weighted by molar-refractivity contribution is -0.0874. The van der Waals surface area contributed by atoms with Crippen LogP contribution in [0.1, 0.15) is 98.8 Å². The van der Waals surface area contributed by atoms with Gasteiger partial charge in [0.2, 0.25) is 0 Å². The lowest BCUT2D eigenvalue weighted by Gasteiger charge is -2.60. The van der Waals surface area contributed by atoms with Crippen molar-refractivity contribution in [2.75, 3.05) is 0 Å². The van der Waals surface area contributed by atoms with Gasteiger partial charge in [0, 0.05) is 0 Å². The van der Waals surface area contributed by atoms with E-state index >= 15 is 0 Å². The summed E-state index contributed by atoms with van der Waals surface area (Å²) in [6.45, 7) is 16.3. The van der Waals surface area contributed by atoms with Gasteiger partial charge in [0.25, 0.3) is 0 Å². The summed E-state index contributed by atoms with van der Waals surface area (Å²) in [4.78, 5) is 0. The summed E-state index contributed by atoms with van der Waals surface area (Å²) in [5, 5.41) is 21.4. The Morgan fingerprint density at radius 2 is 1.84 bits per heavy atom. The van der Waals surface area contributed by atoms with Crippen LogP contribution in [-0.4, -0.2) is 22.4 Å². The minimum Gasteiger partial charge on any atom is -0.389 e. The predicted molar refractivity (Wildman–Crippen MR) is 130 cm³/mol. The molecule has 0 radical (unpaired) electrons. The van der Waals surface area contributed by atoms with Gasteiger partial charge in [-0.05, 0) is 123 Å². The zero-order valence-electron chi connectivity index (χ0n) is 20.9. The molecule has 0 amide bonds. The highest BCUT2D eigenvalue weighted by Crippen LogP contribution is 2.67. The second-order valence-corrected chi connectivity index (χ2v) is 12.5. The molecule has 176 valence electrons. The van der Waals surface area contributed by atoms with Gasteiger partial charge in [-0.2, -0.15) is 0 Å². The Hall–Kier alpha value is -0.600. The van der Waals surface area contributed by atoms with Crippen LogP contribution >= 0.6 is 0 Å². The Balaban J connectivity index is 1.51. The van der Waals surface area contributed by atoms with E-state index in [2.05, 4.69) is 41.2 Å². The van der Waals surface area contributed by atoms with E-state index in [1.54, 1.807) is 0 Å². The van der Waals surface area contributed by atoms with E-state index < -0.39 is 0 Å². The average molecular weight is 429 g/mol. The Morgan fingerprint density at radius 1 is 1.10 bits per heavy atom. The molecule has 10 unspecified atom stereocenters. The normalized spacial score (nSPS) is 46.4. The molecule has 4 rings (SSSR count). The summed E-state index contributed by atoms with van der Waals surface area (Å²) in [5.41, 5.74) is 3.07. The monoisotopic (exact) mass is 428 g/mol. The molecule has 0 heterocycles. The minimum atomic E-state index is -0.356. The third kappa shape index (κ3) is 3.88. The van der Waals surface area contributed by atoms with Gasteiger partial charge >= 0.3 is 0 Å². The third-order valence-corrected chi connectivity index (χ3v) is 11.0. The lowest BCUT2D eigenvalue weighted by atomic mass is 9.46. The molecule has 3 saturated carbocycles. The standard InChI is InChI=1S/C29H48O2/c1-7-20(18(2)3)9-8-19(4)23-10-11-24-22-17-27(31)26-16-21(30)12-14-29(26,6)25(22)13-15-28(23,24)5/h16,19-25,27,30-31H,2,7-15,17H2,1,3-6H3. The molecule has 0 aliphatic heterocycles. The Bertz CT molecular complexity index is 710. The molecule has 0 aromatic carbocycles. The maximum Gasteiger partial charge on any atom is 0.0759 e. The van der Waals surface area contributed by atoms with Crippen molar-refractivity contribution in [1.29, 1.82) is 0 Å². The summed E-state index contributed by atoms with van der Waals surface area (Å²) in [6.07, 6.45) is 13.4. The quantitative estimate of drug-likeness (QED) is 0.451. The van der Waals surface area contributed by atoms with E-state index in [0.29, 0.717) is 23.2 Å². The highest BCUT2D eigenvalue weighted by molar-refractivity contribution is 5.29. The Labute approximate surface area is 191 Å². The fraction of sp³-hybridized carbons (Fsp3) is 0.862. The molecule has 0 spiro atoms. The number of aliphatic hydroxyl groups excluding tert-OH is 2. The highest BCUT2D eigenvalue weighted by atomic mass is 16.3. The topological polar surface area (TPSA) is 40.5 Å². The number of hydrogen-bond donors (Lipinski definition) is 2. The maximum atomic E-state index is 11.1. The van der Waals surface area contributed by atoms with Crippen molar-refractivity contribution in [1.82, 2.24) is 0 Å². The fourth-order valence-electron chi connectivity index (χ4n) is 9.20. The van der Waals surface area contributed by atoms with Gasteiger partial charge in [-0.1, -0.05) is 45.9 Å². The molecule has 4 aliphatic carbocycles. The van der Waals surface area contributed by atoms with Crippen LogP contribution in [0.2, 0.25) is 0 Å². The number of rotatable bonds is 6. The Kier molecular flexibility index (Phi) is 6.56. The first kappa shape index (κ1) is 23.6. The smallest absolute Gasteiger partial charge is 0.0759 e. The van der Waals surface area contributed by atoms with Gasteiger partial charge < -0.3 is 10.2 Å². The summed E-state index contributed by atoms with van der Waals surface area (Å²) in [6, 6.07) is 0. The maximum absolute atomic E-state index is 11.1. The SMILES string of the molecule is C=C(C)C(CC)CCC(C)C1CCC2C3CC(O)C4=CC(O)CCC4(C)C3CCC12C. The fourth-order valence-corrected chi connectivity index (χ4v) is 9.20. The van der Waals surface area contributed by atoms with Crippen molar-refractivity contribution in [2.24, 2.45) is 46.3 Å². The summed E-state index contributed by atoms with van der Waals surface area (Å²) >= 11 is 0. The zero-order chi connectivity index (χ0) is 22.6. The summed E-state index contributed by atoms with van der Waals surface area (Å²) < 4.78 is 0. The molecular formula is C29H48O2. The van der Waals surface area contributed by atoms with E-state index in [0.717, 1.165) is 37.0 Å². The summed E-state index contributed by atoms with van der Waals surface area (Å²) in [5.74, 6) is 4.41. The van der Waals surface area contributed by atoms with E-state index in [9.17, 15) is 10.2 Å². The van der Waals surface area contributed by atoms with Crippen molar-refractivity contribution >= 4 is 0 Å². The van der Waals surface area contributed by atoms with Gasteiger partial charge in [0.1, 0.15) is 0 Å². The van der Waals surface area contributed by atoms with E-state index in [-0.39, 0.29) is 17.6 Å². The van der Waals surface area contributed by atoms with Crippen LogP contribution in [-0.2, 0) is 0 Å². The van der Waals surface area contributed by atoms with Gasteiger partial charge in [0.15, 0.2) is 0 Å². The number of aliphatic hydroxyl groups is 2. The lowest BCUT2D eigenvalue weighted by Crippen LogP contribution is -2.54. The molecule has 0 aromatic rings. The van der Waals surface area contributed by atoms with Crippen molar-refractivity contribution in [3.63, 3.8) is 0 Å². The van der Waals surface area contributed by atoms with Crippen LogP contribution in [0.3, 0.4) is 0 Å². The predicted octanol–water partition coefficient (Wildman–Crippen LogP) is 6.92. The van der Waals surface area contributed by atoms with Gasteiger partial charge in [-0.25, -0.2) is 0 Å². The van der Waals surface area contributed by atoms with Crippen LogP contribution in [0, 0.1) is 46.3 Å². The van der Waals surface area contributed by atoms with Crippen LogP contribution < -0.4 is 0 Å². The van der Waals surface area contributed by atoms with Crippen molar-refractivity contribution in [2.45, 2.75) is 111 Å². The first-order valence-corrected chi connectivity index (χ1v) is 13.4. The molecule has 31 heavy (non-hydrogen) atoms. The van der Waals surface area contributed by atoms with Crippen LogP contribution in [0.4, 0.5) is 0 Å². The van der Waals surface area contributed by atoms with Crippen molar-refractivity contribution in [3.8, 4) is 0 Å². The zero-order valence-corrected chi connectivity index (χ0v) is 20.9. The summed E-state index contributed by atoms with van der Waals surface area (Å²) in [7, 11) is 0. The second kappa shape index (κ2) is 8.64. The van der Waals surface area contributed by atoms with Crippen molar-refractivity contribution < 1.29 is 10.2 Å².